The van der Waals surface area contributed by atoms with Crippen molar-refractivity contribution in [2.45, 2.75) is 45.8 Å². The summed E-state index contributed by atoms with van der Waals surface area (Å²) in [4.78, 5) is 8.52. The van der Waals surface area contributed by atoms with Crippen LogP contribution in [0.25, 0.3) is 0 Å². The molecule has 0 aliphatic carbocycles. The van der Waals surface area contributed by atoms with E-state index >= 15 is 0 Å². The first-order valence-corrected chi connectivity index (χ1v) is 6.63. The van der Waals surface area contributed by atoms with Gasteiger partial charge in [0.2, 0.25) is 0 Å². The number of rotatable bonds is 5. The standard InChI is InChI=1S/C14H20N4O/c1-4-11-6-5-7-15-14(11)12(19)8-13-16-9-17-18(13)10(2)3/h5-7,9-10,12,19H,4,8H2,1-3H3. The van der Waals surface area contributed by atoms with Crippen molar-refractivity contribution in [1.82, 2.24) is 19.7 Å². The Kier molecular flexibility index (Phi) is 4.27. The fourth-order valence-electron chi connectivity index (χ4n) is 2.17. The summed E-state index contributed by atoms with van der Waals surface area (Å²) < 4.78 is 1.83. The number of aliphatic hydroxyl groups excluding tert-OH is 1. The summed E-state index contributed by atoms with van der Waals surface area (Å²) in [5.74, 6) is 0.787. The minimum Gasteiger partial charge on any atom is -0.386 e. The van der Waals surface area contributed by atoms with Crippen LogP contribution >= 0.6 is 0 Å². The quantitative estimate of drug-likeness (QED) is 0.894. The van der Waals surface area contributed by atoms with Gasteiger partial charge in [-0.2, -0.15) is 5.10 Å². The lowest BCUT2D eigenvalue weighted by Gasteiger charge is -2.15. The van der Waals surface area contributed by atoms with Gasteiger partial charge in [-0.1, -0.05) is 13.0 Å². The third-order valence-electron chi connectivity index (χ3n) is 3.13. The number of hydrogen-bond donors (Lipinski definition) is 1. The van der Waals surface area contributed by atoms with Crippen molar-refractivity contribution in [3.05, 3.63) is 41.7 Å². The van der Waals surface area contributed by atoms with Crippen molar-refractivity contribution in [3.63, 3.8) is 0 Å². The van der Waals surface area contributed by atoms with Gasteiger partial charge in [-0.05, 0) is 31.9 Å². The van der Waals surface area contributed by atoms with Crippen molar-refractivity contribution in [3.8, 4) is 0 Å². The molecule has 19 heavy (non-hydrogen) atoms. The fourth-order valence-corrected chi connectivity index (χ4v) is 2.17. The highest BCUT2D eigenvalue weighted by molar-refractivity contribution is 5.22. The van der Waals surface area contributed by atoms with Crippen molar-refractivity contribution >= 4 is 0 Å². The minimum absolute atomic E-state index is 0.235. The highest BCUT2D eigenvalue weighted by Gasteiger charge is 2.17. The molecule has 0 saturated carbocycles. The van der Waals surface area contributed by atoms with E-state index in [9.17, 15) is 5.11 Å². The maximum Gasteiger partial charge on any atom is 0.138 e. The van der Waals surface area contributed by atoms with Crippen LogP contribution in [-0.4, -0.2) is 24.9 Å². The van der Waals surface area contributed by atoms with E-state index in [-0.39, 0.29) is 6.04 Å². The molecule has 2 heterocycles. The van der Waals surface area contributed by atoms with E-state index in [2.05, 4.69) is 22.0 Å². The number of pyridine rings is 1. The molecule has 0 radical (unpaired) electrons. The molecule has 1 unspecified atom stereocenters. The zero-order valence-corrected chi connectivity index (χ0v) is 11.6. The van der Waals surface area contributed by atoms with E-state index in [1.165, 1.54) is 6.33 Å². The number of nitrogens with zero attached hydrogens (tertiary/aromatic N) is 4. The molecule has 5 heteroatoms. The van der Waals surface area contributed by atoms with Crippen molar-refractivity contribution in [2.75, 3.05) is 0 Å². The van der Waals surface area contributed by atoms with Gasteiger partial charge in [0, 0.05) is 18.7 Å². The van der Waals surface area contributed by atoms with Gasteiger partial charge in [0.25, 0.3) is 0 Å². The van der Waals surface area contributed by atoms with E-state index in [0.717, 1.165) is 23.5 Å². The molecule has 0 aliphatic heterocycles. The van der Waals surface area contributed by atoms with Crippen molar-refractivity contribution < 1.29 is 5.11 Å². The highest BCUT2D eigenvalue weighted by Crippen LogP contribution is 2.20. The zero-order valence-electron chi connectivity index (χ0n) is 11.6. The summed E-state index contributed by atoms with van der Waals surface area (Å²) in [6.45, 7) is 6.15. The van der Waals surface area contributed by atoms with Gasteiger partial charge < -0.3 is 5.11 Å². The molecule has 1 N–H and O–H groups in total. The SMILES string of the molecule is CCc1cccnc1C(O)Cc1ncnn1C(C)C. The largest absolute Gasteiger partial charge is 0.386 e. The third kappa shape index (κ3) is 2.98. The van der Waals surface area contributed by atoms with Gasteiger partial charge in [-0.15, -0.1) is 0 Å². The lowest BCUT2D eigenvalue weighted by atomic mass is 10.0. The molecule has 2 aromatic heterocycles. The molecule has 102 valence electrons. The predicted octanol–water partition coefficient (Wildman–Crippen LogP) is 2.09. The molecule has 0 saturated heterocycles. The molecule has 0 aromatic carbocycles. The van der Waals surface area contributed by atoms with Crippen LogP contribution < -0.4 is 0 Å². The molecular weight excluding hydrogens is 240 g/mol. The second kappa shape index (κ2) is 5.93. The first-order chi connectivity index (χ1) is 9.13. The lowest BCUT2D eigenvalue weighted by molar-refractivity contribution is 0.167. The van der Waals surface area contributed by atoms with Gasteiger partial charge in [0.15, 0.2) is 0 Å². The topological polar surface area (TPSA) is 63.8 Å². The van der Waals surface area contributed by atoms with Crippen LogP contribution in [0.5, 0.6) is 0 Å². The molecule has 5 nitrogen and oxygen atoms in total. The molecule has 1 atom stereocenters. The molecule has 0 amide bonds. The average molecular weight is 260 g/mol. The summed E-state index contributed by atoms with van der Waals surface area (Å²) in [5, 5.41) is 14.5. The van der Waals surface area contributed by atoms with Gasteiger partial charge in [-0.25, -0.2) is 9.67 Å². The van der Waals surface area contributed by atoms with Gasteiger partial charge in [-0.3, -0.25) is 4.98 Å². The van der Waals surface area contributed by atoms with Crippen molar-refractivity contribution in [2.24, 2.45) is 0 Å². The zero-order chi connectivity index (χ0) is 13.8. The summed E-state index contributed by atoms with van der Waals surface area (Å²) in [6, 6.07) is 4.13. The number of aryl methyl sites for hydroxylation is 1. The summed E-state index contributed by atoms with van der Waals surface area (Å²) in [5.41, 5.74) is 1.81. The van der Waals surface area contributed by atoms with Gasteiger partial charge in [0.1, 0.15) is 18.3 Å². The smallest absolute Gasteiger partial charge is 0.138 e. The number of aromatic nitrogens is 4. The lowest BCUT2D eigenvalue weighted by Crippen LogP contribution is -2.14. The molecule has 2 aromatic rings. The normalized spacial score (nSPS) is 12.9. The molecule has 0 bridgehead atoms. The van der Waals surface area contributed by atoms with E-state index in [0.29, 0.717) is 6.42 Å². The van der Waals surface area contributed by atoms with E-state index in [4.69, 9.17) is 0 Å². The molecular formula is C14H20N4O. The summed E-state index contributed by atoms with van der Waals surface area (Å²) in [7, 11) is 0. The second-order valence-corrected chi connectivity index (χ2v) is 4.84. The second-order valence-electron chi connectivity index (χ2n) is 4.84. The van der Waals surface area contributed by atoms with Crippen LogP contribution in [0.4, 0.5) is 0 Å². The Morgan fingerprint density at radius 1 is 1.32 bits per heavy atom. The number of hydrogen-bond acceptors (Lipinski definition) is 4. The first kappa shape index (κ1) is 13.7. The summed E-state index contributed by atoms with van der Waals surface area (Å²) >= 11 is 0. The van der Waals surface area contributed by atoms with Crippen LogP contribution in [0.1, 0.15) is 50.0 Å². The van der Waals surface area contributed by atoms with E-state index < -0.39 is 6.10 Å². The van der Waals surface area contributed by atoms with Crippen LogP contribution in [0, 0.1) is 0 Å². The molecule has 0 spiro atoms. The Hall–Kier alpha value is -1.75. The Labute approximate surface area is 113 Å². The Morgan fingerprint density at radius 2 is 2.11 bits per heavy atom. The third-order valence-corrected chi connectivity index (χ3v) is 3.13. The van der Waals surface area contributed by atoms with Gasteiger partial charge in [0.05, 0.1) is 5.69 Å². The van der Waals surface area contributed by atoms with Crippen LogP contribution in [0.15, 0.2) is 24.7 Å². The molecule has 2 rings (SSSR count). The molecule has 0 fully saturated rings. The van der Waals surface area contributed by atoms with Crippen LogP contribution in [0.3, 0.4) is 0 Å². The highest BCUT2D eigenvalue weighted by atomic mass is 16.3. The first-order valence-electron chi connectivity index (χ1n) is 6.63. The average Bonchev–Trinajstić information content (AvgIpc) is 2.87. The predicted molar refractivity (Wildman–Crippen MR) is 72.7 cm³/mol. The fraction of sp³-hybridized carbons (Fsp3) is 0.500. The van der Waals surface area contributed by atoms with E-state index in [1.807, 2.05) is 30.7 Å². The Balaban J connectivity index is 2.21. The summed E-state index contributed by atoms with van der Waals surface area (Å²) in [6.07, 6.45) is 3.89. The molecule has 0 aliphatic rings. The van der Waals surface area contributed by atoms with Gasteiger partial charge >= 0.3 is 0 Å². The monoisotopic (exact) mass is 260 g/mol. The van der Waals surface area contributed by atoms with Crippen molar-refractivity contribution in [1.29, 1.82) is 0 Å². The van der Waals surface area contributed by atoms with E-state index in [1.54, 1.807) is 6.20 Å². The van der Waals surface area contributed by atoms with Crippen LogP contribution in [0.2, 0.25) is 0 Å². The maximum atomic E-state index is 10.4. The van der Waals surface area contributed by atoms with Crippen LogP contribution in [-0.2, 0) is 12.8 Å². The maximum absolute atomic E-state index is 10.4. The minimum atomic E-state index is -0.641. The Bertz CT molecular complexity index is 536. The number of aliphatic hydroxyl groups is 1. The Morgan fingerprint density at radius 3 is 2.79 bits per heavy atom.